The minimum Gasteiger partial charge on any atom is -0.310 e. The molecule has 1 aromatic rings. The quantitative estimate of drug-likeness (QED) is 0.792. The number of rotatable bonds is 2. The topological polar surface area (TPSA) is 12.0 Å². The van der Waals surface area contributed by atoms with Crippen LogP contribution in [0.3, 0.4) is 0 Å². The second-order valence-electron chi connectivity index (χ2n) is 4.12. The maximum atomic E-state index is 3.43. The summed E-state index contributed by atoms with van der Waals surface area (Å²) < 4.78 is 0. The van der Waals surface area contributed by atoms with Gasteiger partial charge in [-0.15, -0.1) is 12.4 Å². The molecule has 0 spiro atoms. The summed E-state index contributed by atoms with van der Waals surface area (Å²) in [6, 6.07) is 9.57. The van der Waals surface area contributed by atoms with Gasteiger partial charge in [0.05, 0.1) is 0 Å². The zero-order valence-corrected chi connectivity index (χ0v) is 9.60. The third kappa shape index (κ3) is 2.28. The third-order valence-electron chi connectivity index (χ3n) is 2.80. The van der Waals surface area contributed by atoms with E-state index in [9.17, 15) is 0 Å². The van der Waals surface area contributed by atoms with E-state index in [1.54, 1.807) is 0 Å². The van der Waals surface area contributed by atoms with Gasteiger partial charge in [-0.2, -0.15) is 0 Å². The van der Waals surface area contributed by atoms with E-state index in [0.29, 0.717) is 12.0 Å². The molecule has 1 saturated heterocycles. The Hall–Kier alpha value is -0.530. The second-order valence-corrected chi connectivity index (χ2v) is 4.12. The third-order valence-corrected chi connectivity index (χ3v) is 2.80. The highest BCUT2D eigenvalue weighted by atomic mass is 35.5. The van der Waals surface area contributed by atoms with E-state index >= 15 is 0 Å². The van der Waals surface area contributed by atoms with E-state index in [1.165, 1.54) is 24.1 Å². The van der Waals surface area contributed by atoms with Gasteiger partial charge in [0.25, 0.3) is 0 Å². The summed E-state index contributed by atoms with van der Waals surface area (Å²) in [7, 11) is 0. The molecule has 0 saturated carbocycles. The lowest BCUT2D eigenvalue weighted by Gasteiger charge is -2.28. The van der Waals surface area contributed by atoms with Crippen LogP contribution in [0.15, 0.2) is 24.3 Å². The minimum absolute atomic E-state index is 0. The van der Waals surface area contributed by atoms with E-state index in [0.717, 1.165) is 0 Å². The Morgan fingerprint density at radius 3 is 2.57 bits per heavy atom. The summed E-state index contributed by atoms with van der Waals surface area (Å²) in [5.74, 6) is 0.639. The molecule has 1 aromatic carbocycles. The molecule has 2 heteroatoms. The van der Waals surface area contributed by atoms with Gasteiger partial charge in [0.1, 0.15) is 0 Å². The molecule has 1 atom stereocenters. The van der Waals surface area contributed by atoms with Gasteiger partial charge in [0.15, 0.2) is 0 Å². The van der Waals surface area contributed by atoms with Gasteiger partial charge in [0.2, 0.25) is 0 Å². The van der Waals surface area contributed by atoms with Crippen molar-refractivity contribution in [3.05, 3.63) is 35.4 Å². The molecule has 78 valence electrons. The van der Waals surface area contributed by atoms with Crippen molar-refractivity contribution in [1.82, 2.24) is 5.32 Å². The van der Waals surface area contributed by atoms with Crippen molar-refractivity contribution >= 4 is 12.4 Å². The highest BCUT2D eigenvalue weighted by Crippen LogP contribution is 2.25. The molecule has 0 aromatic heterocycles. The van der Waals surface area contributed by atoms with Crippen molar-refractivity contribution in [3.63, 3.8) is 0 Å². The molecule has 0 radical (unpaired) electrons. The zero-order chi connectivity index (χ0) is 9.26. The van der Waals surface area contributed by atoms with E-state index in [1.807, 2.05) is 0 Å². The first-order chi connectivity index (χ1) is 6.27. The average Bonchev–Trinajstić information content (AvgIpc) is 2.01. The van der Waals surface area contributed by atoms with Crippen LogP contribution in [-0.4, -0.2) is 6.54 Å². The first kappa shape index (κ1) is 11.5. The van der Waals surface area contributed by atoms with Crippen molar-refractivity contribution in [1.29, 1.82) is 0 Å². The van der Waals surface area contributed by atoms with Crippen molar-refractivity contribution in [2.45, 2.75) is 32.2 Å². The van der Waals surface area contributed by atoms with Crippen LogP contribution in [0.2, 0.25) is 0 Å². The molecule has 0 aliphatic carbocycles. The number of hydrogen-bond acceptors (Lipinski definition) is 1. The van der Waals surface area contributed by atoms with Crippen LogP contribution in [0.25, 0.3) is 0 Å². The molecule has 1 fully saturated rings. The standard InChI is InChI=1S/C12H17N.ClH/c1-9(2)10-4-3-5-11(8-10)12-6-7-13-12;/h3-5,8-9,12-13H,6-7H2,1-2H3;1H/t12-;/m1./s1. The van der Waals surface area contributed by atoms with Gasteiger partial charge in [-0.1, -0.05) is 38.1 Å². The lowest BCUT2D eigenvalue weighted by atomic mass is 9.93. The van der Waals surface area contributed by atoms with E-state index in [2.05, 4.69) is 43.4 Å². The minimum atomic E-state index is 0. The van der Waals surface area contributed by atoms with Crippen LogP contribution >= 0.6 is 12.4 Å². The molecule has 2 rings (SSSR count). The van der Waals surface area contributed by atoms with Crippen molar-refractivity contribution in [2.24, 2.45) is 0 Å². The molecular formula is C12H18ClN. The summed E-state index contributed by atoms with van der Waals surface area (Å²) in [5.41, 5.74) is 2.91. The maximum absolute atomic E-state index is 3.43. The molecule has 1 nitrogen and oxygen atoms in total. The molecular weight excluding hydrogens is 194 g/mol. The number of nitrogens with one attached hydrogen (secondary N) is 1. The second kappa shape index (κ2) is 4.81. The Morgan fingerprint density at radius 1 is 1.36 bits per heavy atom. The van der Waals surface area contributed by atoms with Crippen LogP contribution in [0, 0.1) is 0 Å². The monoisotopic (exact) mass is 211 g/mol. The molecule has 0 amide bonds. The highest BCUT2D eigenvalue weighted by molar-refractivity contribution is 5.85. The number of halogens is 1. The Labute approximate surface area is 92.3 Å². The predicted molar refractivity (Wildman–Crippen MR) is 63.1 cm³/mol. The summed E-state index contributed by atoms with van der Waals surface area (Å²) in [4.78, 5) is 0. The molecule has 1 aliphatic rings. The van der Waals surface area contributed by atoms with E-state index < -0.39 is 0 Å². The van der Waals surface area contributed by atoms with Gasteiger partial charge in [0, 0.05) is 6.04 Å². The first-order valence-electron chi connectivity index (χ1n) is 5.10. The summed E-state index contributed by atoms with van der Waals surface area (Å²) >= 11 is 0. The Morgan fingerprint density at radius 2 is 2.07 bits per heavy atom. The van der Waals surface area contributed by atoms with Gasteiger partial charge in [-0.3, -0.25) is 0 Å². The fourth-order valence-electron chi connectivity index (χ4n) is 1.71. The van der Waals surface area contributed by atoms with Crippen LogP contribution in [0.5, 0.6) is 0 Å². The fourth-order valence-corrected chi connectivity index (χ4v) is 1.71. The molecule has 1 aliphatic heterocycles. The Balaban J connectivity index is 0.000000980. The molecule has 14 heavy (non-hydrogen) atoms. The normalized spacial score (nSPS) is 20.1. The fraction of sp³-hybridized carbons (Fsp3) is 0.500. The Kier molecular flexibility index (Phi) is 3.97. The van der Waals surface area contributed by atoms with Crippen molar-refractivity contribution in [3.8, 4) is 0 Å². The average molecular weight is 212 g/mol. The molecule has 1 N–H and O–H groups in total. The Bertz CT molecular complexity index is 292. The highest BCUT2D eigenvalue weighted by Gasteiger charge is 2.18. The largest absolute Gasteiger partial charge is 0.310 e. The van der Waals surface area contributed by atoms with Gasteiger partial charge in [-0.05, 0) is 30.0 Å². The van der Waals surface area contributed by atoms with Crippen molar-refractivity contribution < 1.29 is 0 Å². The van der Waals surface area contributed by atoms with Crippen LogP contribution in [-0.2, 0) is 0 Å². The van der Waals surface area contributed by atoms with Crippen LogP contribution in [0.4, 0.5) is 0 Å². The first-order valence-corrected chi connectivity index (χ1v) is 5.10. The summed E-state index contributed by atoms with van der Waals surface area (Å²) in [6.45, 7) is 5.66. The van der Waals surface area contributed by atoms with Gasteiger partial charge >= 0.3 is 0 Å². The van der Waals surface area contributed by atoms with Gasteiger partial charge in [-0.25, -0.2) is 0 Å². The SMILES string of the molecule is CC(C)c1cccc([C@H]2CCN2)c1.Cl. The smallest absolute Gasteiger partial charge is 0.0332 e. The zero-order valence-electron chi connectivity index (χ0n) is 8.79. The lowest BCUT2D eigenvalue weighted by molar-refractivity contribution is 0.383. The van der Waals surface area contributed by atoms with Gasteiger partial charge < -0.3 is 5.32 Å². The molecule has 1 heterocycles. The molecule has 0 bridgehead atoms. The lowest BCUT2D eigenvalue weighted by Crippen LogP contribution is -2.34. The number of benzene rings is 1. The summed E-state index contributed by atoms with van der Waals surface area (Å²) in [6.07, 6.45) is 1.29. The van der Waals surface area contributed by atoms with Crippen LogP contribution < -0.4 is 5.32 Å². The maximum Gasteiger partial charge on any atom is 0.0332 e. The molecule has 0 unspecified atom stereocenters. The predicted octanol–water partition coefficient (Wildman–Crippen LogP) is 3.27. The van der Waals surface area contributed by atoms with Crippen LogP contribution in [0.1, 0.15) is 43.4 Å². The summed E-state index contributed by atoms with van der Waals surface area (Å²) in [5, 5.41) is 3.43. The number of hydrogen-bond donors (Lipinski definition) is 1. The van der Waals surface area contributed by atoms with Crippen molar-refractivity contribution in [2.75, 3.05) is 6.54 Å². The van der Waals surface area contributed by atoms with E-state index in [-0.39, 0.29) is 12.4 Å². The van der Waals surface area contributed by atoms with E-state index in [4.69, 9.17) is 0 Å².